The molecular formula is C32H49NO4S. The van der Waals surface area contributed by atoms with Gasteiger partial charge in [-0.3, -0.25) is 14.9 Å². The molecule has 2 amide bonds. The van der Waals surface area contributed by atoms with Gasteiger partial charge in [0.2, 0.25) is 0 Å². The molecule has 0 bridgehead atoms. The maximum atomic E-state index is 12.1. The van der Waals surface area contributed by atoms with Crippen molar-refractivity contribution in [2.75, 3.05) is 0 Å². The molecule has 3 rings (SSSR count). The van der Waals surface area contributed by atoms with Crippen LogP contribution in [0, 0.1) is 31.6 Å². The first-order valence-electron chi connectivity index (χ1n) is 14.7. The van der Waals surface area contributed by atoms with Crippen LogP contribution in [0.5, 0.6) is 11.5 Å². The van der Waals surface area contributed by atoms with E-state index in [2.05, 4.69) is 39.9 Å². The van der Waals surface area contributed by atoms with E-state index in [1.165, 1.54) is 44.9 Å². The molecule has 0 aromatic heterocycles. The zero-order valence-electron chi connectivity index (χ0n) is 24.7. The number of hydrogen-bond donors (Lipinski definition) is 2. The van der Waals surface area contributed by atoms with Gasteiger partial charge in [-0.15, -0.1) is 0 Å². The molecule has 2 aliphatic heterocycles. The van der Waals surface area contributed by atoms with Gasteiger partial charge in [-0.25, -0.2) is 0 Å². The normalized spacial score (nSPS) is 21.9. The van der Waals surface area contributed by atoms with Crippen molar-refractivity contribution in [1.29, 1.82) is 0 Å². The highest BCUT2D eigenvalue weighted by molar-refractivity contribution is 8.18. The van der Waals surface area contributed by atoms with Crippen LogP contribution in [0.15, 0.2) is 4.91 Å². The third kappa shape index (κ3) is 8.03. The molecule has 6 heteroatoms. The standard InChI is InChI=1S/C32H49NO4S/c1-20(2)11-8-12-21(3)13-9-14-22(4)15-10-17-32(7)18-16-25-26(19-27-30(35)33-31(36)38-27)28(34)23(5)24(6)29(25)37-32/h19-22,34H,8-18H2,1-7H3,(H,33,35,36)/b27-19-. The highest BCUT2D eigenvalue weighted by Gasteiger charge is 2.35. The van der Waals surface area contributed by atoms with Crippen molar-refractivity contribution >= 4 is 29.0 Å². The van der Waals surface area contributed by atoms with E-state index in [1.807, 2.05) is 13.8 Å². The average molecular weight is 544 g/mol. The first-order valence-corrected chi connectivity index (χ1v) is 15.5. The van der Waals surface area contributed by atoms with E-state index < -0.39 is 5.91 Å². The van der Waals surface area contributed by atoms with Crippen molar-refractivity contribution in [3.8, 4) is 11.5 Å². The monoisotopic (exact) mass is 543 g/mol. The predicted molar refractivity (Wildman–Crippen MR) is 159 cm³/mol. The number of carbonyl (C=O) groups excluding carboxylic acids is 2. The highest BCUT2D eigenvalue weighted by atomic mass is 32.2. The molecule has 1 fully saturated rings. The lowest BCUT2D eigenvalue weighted by Crippen LogP contribution is -2.37. The topological polar surface area (TPSA) is 75.6 Å². The molecule has 0 saturated carbocycles. The number of fused-ring (bicyclic) bond motifs is 1. The molecular weight excluding hydrogens is 494 g/mol. The molecule has 38 heavy (non-hydrogen) atoms. The first kappa shape index (κ1) is 30.6. The van der Waals surface area contributed by atoms with E-state index >= 15 is 0 Å². The van der Waals surface area contributed by atoms with Gasteiger partial charge in [-0.2, -0.15) is 0 Å². The Morgan fingerprint density at radius 2 is 1.58 bits per heavy atom. The third-order valence-corrected chi connectivity index (χ3v) is 9.37. The Labute approximate surface area is 234 Å². The second-order valence-corrected chi connectivity index (χ2v) is 13.6. The van der Waals surface area contributed by atoms with Gasteiger partial charge in [0.25, 0.3) is 11.1 Å². The Morgan fingerprint density at radius 3 is 2.16 bits per heavy atom. The van der Waals surface area contributed by atoms with Gasteiger partial charge in [-0.05, 0) is 93.2 Å². The van der Waals surface area contributed by atoms with Gasteiger partial charge in [0.05, 0.1) is 4.91 Å². The quantitative estimate of drug-likeness (QED) is 0.243. The van der Waals surface area contributed by atoms with Crippen LogP contribution in [-0.2, 0) is 11.2 Å². The van der Waals surface area contributed by atoms with E-state index in [0.717, 1.165) is 77.6 Å². The molecule has 3 atom stereocenters. The first-order chi connectivity index (χ1) is 17.9. The molecule has 5 nitrogen and oxygen atoms in total. The fourth-order valence-corrected chi connectivity index (χ4v) is 6.46. The minimum absolute atomic E-state index is 0.164. The lowest BCUT2D eigenvalue weighted by Gasteiger charge is -2.38. The molecule has 0 aliphatic carbocycles. The van der Waals surface area contributed by atoms with Crippen molar-refractivity contribution in [3.63, 3.8) is 0 Å². The van der Waals surface area contributed by atoms with E-state index in [1.54, 1.807) is 6.08 Å². The number of hydrogen-bond acceptors (Lipinski definition) is 5. The summed E-state index contributed by atoms with van der Waals surface area (Å²) in [7, 11) is 0. The number of phenolic OH excluding ortho intramolecular Hbond substituents is 1. The van der Waals surface area contributed by atoms with Gasteiger partial charge in [0, 0.05) is 11.1 Å². The van der Waals surface area contributed by atoms with Crippen LogP contribution in [0.25, 0.3) is 6.08 Å². The summed E-state index contributed by atoms with van der Waals surface area (Å²) in [6, 6.07) is 0. The summed E-state index contributed by atoms with van der Waals surface area (Å²) in [5, 5.41) is 12.8. The lowest BCUT2D eigenvalue weighted by atomic mass is 9.83. The summed E-state index contributed by atoms with van der Waals surface area (Å²) in [4.78, 5) is 24.1. The summed E-state index contributed by atoms with van der Waals surface area (Å²) < 4.78 is 6.67. The fourth-order valence-electron chi connectivity index (χ4n) is 5.80. The molecule has 0 radical (unpaired) electrons. The third-order valence-electron chi connectivity index (χ3n) is 8.56. The van der Waals surface area contributed by atoms with Crippen LogP contribution in [0.2, 0.25) is 0 Å². The SMILES string of the molecule is Cc1c(C)c2c(c(/C=C3\SC(=O)NC3=O)c1O)CCC(C)(CCCC(C)CCCC(C)CCCC(C)C)O2. The largest absolute Gasteiger partial charge is 0.507 e. The minimum atomic E-state index is -0.414. The van der Waals surface area contributed by atoms with Crippen LogP contribution in [-0.4, -0.2) is 21.9 Å². The summed E-state index contributed by atoms with van der Waals surface area (Å²) in [6.07, 6.45) is 14.7. The highest BCUT2D eigenvalue weighted by Crippen LogP contribution is 2.46. The Bertz CT molecular complexity index is 1050. The molecule has 2 aliphatic rings. The van der Waals surface area contributed by atoms with Crippen LogP contribution in [0.3, 0.4) is 0 Å². The van der Waals surface area contributed by atoms with Gasteiger partial charge < -0.3 is 9.84 Å². The van der Waals surface area contributed by atoms with Crippen LogP contribution in [0.4, 0.5) is 4.79 Å². The maximum absolute atomic E-state index is 12.1. The number of phenols is 1. The molecule has 212 valence electrons. The number of carbonyl (C=O) groups is 2. The van der Waals surface area contributed by atoms with Crippen molar-refractivity contribution < 1.29 is 19.4 Å². The van der Waals surface area contributed by atoms with Crippen molar-refractivity contribution in [2.24, 2.45) is 17.8 Å². The van der Waals surface area contributed by atoms with Crippen molar-refractivity contribution in [3.05, 3.63) is 27.2 Å². The molecule has 0 spiro atoms. The number of imide groups is 1. The van der Waals surface area contributed by atoms with Gasteiger partial charge in [-0.1, -0.05) is 72.6 Å². The van der Waals surface area contributed by atoms with Gasteiger partial charge in [0.15, 0.2) is 0 Å². The van der Waals surface area contributed by atoms with E-state index in [-0.39, 0.29) is 16.6 Å². The number of nitrogens with one attached hydrogen (secondary N) is 1. The minimum Gasteiger partial charge on any atom is -0.507 e. The summed E-state index contributed by atoms with van der Waals surface area (Å²) in [5.74, 6) is 2.96. The Balaban J connectivity index is 1.55. The van der Waals surface area contributed by atoms with Gasteiger partial charge in [0.1, 0.15) is 17.1 Å². The molecule has 3 unspecified atom stereocenters. The van der Waals surface area contributed by atoms with Gasteiger partial charge >= 0.3 is 0 Å². The smallest absolute Gasteiger partial charge is 0.290 e. The number of amides is 2. The maximum Gasteiger partial charge on any atom is 0.290 e. The molecule has 1 aromatic carbocycles. The summed E-state index contributed by atoms with van der Waals surface area (Å²) in [6.45, 7) is 15.5. The van der Waals surface area contributed by atoms with Crippen LogP contribution < -0.4 is 10.1 Å². The lowest BCUT2D eigenvalue weighted by molar-refractivity contribution is -0.115. The molecule has 1 saturated heterocycles. The molecule has 2 N–H and O–H groups in total. The Morgan fingerprint density at radius 1 is 0.974 bits per heavy atom. The van der Waals surface area contributed by atoms with Crippen LogP contribution in [0.1, 0.15) is 121 Å². The number of thioether (sulfide) groups is 1. The van der Waals surface area contributed by atoms with E-state index in [9.17, 15) is 14.7 Å². The number of benzene rings is 1. The Hall–Kier alpha value is -1.95. The number of rotatable bonds is 13. The average Bonchev–Trinajstić information content (AvgIpc) is 3.16. The van der Waals surface area contributed by atoms with Crippen molar-refractivity contribution in [2.45, 2.75) is 125 Å². The number of aromatic hydroxyl groups is 1. The molecule has 2 heterocycles. The fraction of sp³-hybridized carbons (Fsp3) is 0.688. The number of ether oxygens (including phenoxy) is 1. The van der Waals surface area contributed by atoms with E-state index in [4.69, 9.17) is 4.74 Å². The predicted octanol–water partition coefficient (Wildman–Crippen LogP) is 8.86. The van der Waals surface area contributed by atoms with E-state index in [0.29, 0.717) is 10.5 Å². The van der Waals surface area contributed by atoms with Crippen molar-refractivity contribution in [1.82, 2.24) is 5.32 Å². The second kappa shape index (κ2) is 13.4. The summed E-state index contributed by atoms with van der Waals surface area (Å²) >= 11 is 0.872. The zero-order valence-corrected chi connectivity index (χ0v) is 25.5. The summed E-state index contributed by atoms with van der Waals surface area (Å²) in [5.41, 5.74) is 2.98. The second-order valence-electron chi connectivity index (χ2n) is 12.6. The molecule has 1 aromatic rings. The zero-order chi connectivity index (χ0) is 28.0. The Kier molecular flexibility index (Phi) is 10.8. The van der Waals surface area contributed by atoms with Crippen LogP contribution >= 0.6 is 11.8 Å².